The summed E-state index contributed by atoms with van der Waals surface area (Å²) < 4.78 is 30.5. The molecule has 25 N–H and O–H groups in total. The third-order valence-corrected chi connectivity index (χ3v) is 10.1. The van der Waals surface area contributed by atoms with Crippen molar-refractivity contribution in [1.82, 2.24) is 0 Å². The molecular formula is C34H64O33. The first kappa shape index (κ1) is 62.8. The number of carbonyl (C=O) groups is 2. The van der Waals surface area contributed by atoms with Crippen LogP contribution in [0.2, 0.25) is 0 Å². The Hall–Kier alpha value is -2.22. The minimum Gasteiger partial charge on any atom is -0.481 e. The van der Waals surface area contributed by atoms with Crippen molar-refractivity contribution in [3.8, 4) is 0 Å². The smallest absolute Gasteiger partial charge is 0.333 e. The molecule has 0 aromatic heterocycles. The van der Waals surface area contributed by atoms with E-state index in [2.05, 4.69) is 0 Å². The van der Waals surface area contributed by atoms with Crippen LogP contribution in [0.1, 0.15) is 6.42 Å². The Morgan fingerprint density at radius 2 is 0.731 bits per heavy atom. The van der Waals surface area contributed by atoms with Crippen LogP contribution in [0.4, 0.5) is 0 Å². The van der Waals surface area contributed by atoms with Crippen LogP contribution in [0.15, 0.2) is 0 Å². The van der Waals surface area contributed by atoms with E-state index in [9.17, 15) is 81.1 Å². The molecule has 33 nitrogen and oxygen atoms in total. The van der Waals surface area contributed by atoms with Gasteiger partial charge in [0.05, 0.1) is 46.1 Å². The molecule has 1 unspecified atom stereocenters. The second-order valence-electron chi connectivity index (χ2n) is 15.0. The molecule has 25 atom stereocenters. The van der Waals surface area contributed by atoms with Gasteiger partial charge < -0.3 is 156 Å². The fraction of sp³-hybridized carbons (Fsp3) is 0.941. The van der Waals surface area contributed by atoms with Gasteiger partial charge in [0.2, 0.25) is 0 Å². The third kappa shape index (κ3) is 17.5. The molecule has 4 aliphatic heterocycles. The van der Waals surface area contributed by atoms with Crippen molar-refractivity contribution in [2.75, 3.05) is 39.6 Å². The number of ether oxygens (including phenoxy) is 6. The number of aliphatic carboxylic acids is 2. The number of carboxylic acids is 2. The molecule has 67 heavy (non-hydrogen) atoms. The molecule has 0 aromatic carbocycles. The molecule has 0 bridgehead atoms. The number of hydrogen-bond donors (Lipinski definition) is 25. The largest absolute Gasteiger partial charge is 0.481 e. The molecule has 398 valence electrons. The molecule has 0 aromatic rings. The zero-order chi connectivity index (χ0) is 51.8. The predicted octanol–water partition coefficient (Wildman–Crippen LogP) is -15.5. The van der Waals surface area contributed by atoms with Crippen molar-refractivity contribution < 1.29 is 166 Å². The Balaban J connectivity index is 0.000000479. The summed E-state index contributed by atoms with van der Waals surface area (Å²) in [5.41, 5.74) is 0. The van der Waals surface area contributed by atoms with Gasteiger partial charge in [-0.3, -0.25) is 4.79 Å². The summed E-state index contributed by atoms with van der Waals surface area (Å²) in [7, 11) is 0. The zero-order valence-corrected chi connectivity index (χ0v) is 34.8. The number of carboxylic acid groups (broad SMARTS) is 2. The molecule has 0 spiro atoms. The average molecular weight is 1000 g/mol. The van der Waals surface area contributed by atoms with Gasteiger partial charge in [0.25, 0.3) is 0 Å². The maximum Gasteiger partial charge on any atom is 0.333 e. The van der Waals surface area contributed by atoms with Crippen molar-refractivity contribution in [3.05, 3.63) is 0 Å². The van der Waals surface area contributed by atoms with E-state index in [1.807, 2.05) is 0 Å². The lowest BCUT2D eigenvalue weighted by Crippen LogP contribution is -2.64. The maximum atomic E-state index is 9.94. The van der Waals surface area contributed by atoms with Crippen LogP contribution in [0, 0.1) is 0 Å². The summed E-state index contributed by atoms with van der Waals surface area (Å²) in [4.78, 5) is 19.4. The van der Waals surface area contributed by atoms with Crippen molar-refractivity contribution >= 4 is 11.9 Å². The molecule has 4 aliphatic rings. The number of aliphatic hydroxyl groups excluding tert-OH is 23. The van der Waals surface area contributed by atoms with Crippen molar-refractivity contribution in [1.29, 1.82) is 0 Å². The summed E-state index contributed by atoms with van der Waals surface area (Å²) in [6.45, 7) is -4.14. The lowest BCUT2D eigenvalue weighted by molar-refractivity contribution is -0.355. The van der Waals surface area contributed by atoms with E-state index in [0.29, 0.717) is 0 Å². The van der Waals surface area contributed by atoms with Gasteiger partial charge in [-0.2, -0.15) is 0 Å². The molecule has 0 saturated carbocycles. The highest BCUT2D eigenvalue weighted by molar-refractivity contribution is 5.79. The van der Waals surface area contributed by atoms with Gasteiger partial charge in [-0.25, -0.2) is 4.79 Å². The molecule has 4 rings (SSSR count). The molecular weight excluding hydrogens is 936 g/mol. The zero-order valence-electron chi connectivity index (χ0n) is 34.8. The number of hydrogen-bond acceptors (Lipinski definition) is 31. The second kappa shape index (κ2) is 29.8. The van der Waals surface area contributed by atoms with E-state index in [1.165, 1.54) is 0 Å². The fourth-order valence-electron chi connectivity index (χ4n) is 6.06. The highest BCUT2D eigenvalue weighted by atomic mass is 16.7. The van der Waals surface area contributed by atoms with Crippen LogP contribution in [0.5, 0.6) is 0 Å². The van der Waals surface area contributed by atoms with E-state index in [4.69, 9.17) is 84.6 Å². The second-order valence-corrected chi connectivity index (χ2v) is 15.0. The Kier molecular flexibility index (Phi) is 28.0. The van der Waals surface area contributed by atoms with Gasteiger partial charge in [-0.05, 0) is 0 Å². The molecule has 4 heterocycles. The monoisotopic (exact) mass is 1000 g/mol. The van der Waals surface area contributed by atoms with Gasteiger partial charge in [-0.1, -0.05) is 0 Å². The van der Waals surface area contributed by atoms with Gasteiger partial charge in [0.1, 0.15) is 122 Å². The van der Waals surface area contributed by atoms with Crippen LogP contribution in [-0.4, -0.2) is 333 Å². The van der Waals surface area contributed by atoms with E-state index in [-0.39, 0.29) is 0 Å². The molecule has 0 amide bonds. The lowest BCUT2D eigenvalue weighted by Gasteiger charge is -2.45. The summed E-state index contributed by atoms with van der Waals surface area (Å²) in [5.74, 6) is -2.85. The van der Waals surface area contributed by atoms with E-state index < -0.39 is 211 Å². The van der Waals surface area contributed by atoms with Crippen molar-refractivity contribution in [2.45, 2.75) is 160 Å². The van der Waals surface area contributed by atoms with Crippen LogP contribution in [-0.2, 0) is 38.0 Å². The van der Waals surface area contributed by atoms with Crippen molar-refractivity contribution in [2.24, 2.45) is 0 Å². The first-order valence-corrected chi connectivity index (χ1v) is 19.8. The van der Waals surface area contributed by atoms with E-state index in [0.717, 1.165) is 0 Å². The normalized spacial score (nSPS) is 41.0. The average Bonchev–Trinajstić information content (AvgIpc) is 3.30. The maximum absolute atomic E-state index is 9.94. The Morgan fingerprint density at radius 3 is 0.970 bits per heavy atom. The summed E-state index contributed by atoms with van der Waals surface area (Å²) in [6, 6.07) is 0. The van der Waals surface area contributed by atoms with Gasteiger partial charge >= 0.3 is 11.9 Å². The SMILES string of the molecule is O=C(O)CC(O)C(=O)O.OC[C@@H](O)[C@@H](O)[C@H](O)[C@H](O)CO.OC[C@H]1O[C@@H](O[C@H]2[C@H](O)[C@@H](O)[C@H](O)O[C@@H]2CO)[C@H](O)[C@@H](O)[C@H]1O.OC[C@H]1O[C@H](O[C@H]2[C@H](O)[C@@H](O)[C@H](O)O[C@@H]2CO)[C@H](O)[C@@H](O)[C@@H]1O. The standard InChI is InChI=1S/2C12H22O11.C6H14O6.C4H6O5/c2*13-1-3-5(15)6(16)9(19)12(22-3)23-10-4(2-14)21-11(20)8(18)7(10)17;7-1-3(9)5(11)6(12)4(10)2-8;5-2(4(8)9)1-3(6)7/h2*3-20H,1-2H2;3-12H,1-2H2;2,5H,1H2,(H,6,7)(H,8,9)/t3-,4-,5+,6+,7-,8-,9-,10-,11-,12+;3-,4-,5-,6+,7-,8-,9-,10-,11-,12-;3-,4-,5-,6-;/m111./s1. The van der Waals surface area contributed by atoms with Crippen LogP contribution in [0.25, 0.3) is 0 Å². The first-order chi connectivity index (χ1) is 31.2. The van der Waals surface area contributed by atoms with Crippen molar-refractivity contribution in [3.63, 3.8) is 0 Å². The minimum absolute atomic E-state index is 0.667. The van der Waals surface area contributed by atoms with Gasteiger partial charge in [-0.15, -0.1) is 0 Å². The van der Waals surface area contributed by atoms with Crippen LogP contribution < -0.4 is 0 Å². The highest BCUT2D eigenvalue weighted by Crippen LogP contribution is 2.30. The topological polar surface area (TPSA) is 595 Å². The van der Waals surface area contributed by atoms with E-state index >= 15 is 0 Å². The Labute approximate surface area is 377 Å². The molecule has 33 heteroatoms. The van der Waals surface area contributed by atoms with Crippen LogP contribution in [0.3, 0.4) is 0 Å². The van der Waals surface area contributed by atoms with Gasteiger partial charge in [0.15, 0.2) is 31.3 Å². The molecule has 4 fully saturated rings. The third-order valence-electron chi connectivity index (χ3n) is 10.1. The Bertz CT molecular complexity index is 1300. The lowest BCUT2D eigenvalue weighted by atomic mass is 9.97. The predicted molar refractivity (Wildman–Crippen MR) is 201 cm³/mol. The summed E-state index contributed by atoms with van der Waals surface area (Å²) >= 11 is 0. The summed E-state index contributed by atoms with van der Waals surface area (Å²) in [6.07, 6.45) is -40.1. The Morgan fingerprint density at radius 1 is 0.418 bits per heavy atom. The van der Waals surface area contributed by atoms with Gasteiger partial charge in [0, 0.05) is 0 Å². The molecule has 4 saturated heterocycles. The van der Waals surface area contributed by atoms with Crippen LogP contribution >= 0.6 is 0 Å². The number of aliphatic hydroxyl groups is 23. The number of rotatable bonds is 16. The highest BCUT2D eigenvalue weighted by Gasteiger charge is 2.52. The summed E-state index contributed by atoms with van der Waals surface area (Å²) in [5, 5.41) is 229. The fourth-order valence-corrected chi connectivity index (χ4v) is 6.06. The quantitative estimate of drug-likeness (QED) is 0.0683. The van der Waals surface area contributed by atoms with E-state index in [1.54, 1.807) is 0 Å². The molecule has 0 radical (unpaired) electrons. The molecule has 0 aliphatic carbocycles. The minimum atomic E-state index is -1.79. The first-order valence-electron chi connectivity index (χ1n) is 19.8.